The Morgan fingerprint density at radius 3 is 2.50 bits per heavy atom. The van der Waals surface area contributed by atoms with E-state index in [4.69, 9.17) is 15.6 Å². The minimum absolute atomic E-state index is 0.0986. The summed E-state index contributed by atoms with van der Waals surface area (Å²) in [5, 5.41) is 9.10. The molecule has 6 nitrogen and oxygen atoms in total. The fraction of sp³-hybridized carbons (Fsp3) is 0.273. The van der Waals surface area contributed by atoms with Crippen molar-refractivity contribution in [3.05, 3.63) is 101 Å². The number of aliphatic carboxylic acids is 1. The molecule has 11 heteroatoms. The van der Waals surface area contributed by atoms with Crippen molar-refractivity contribution < 1.29 is 36.4 Å². The summed E-state index contributed by atoms with van der Waals surface area (Å²) in [6.45, 7) is 2.66. The molecule has 0 saturated heterocycles. The molecule has 2 atom stereocenters. The average Bonchev–Trinajstić information content (AvgIpc) is 3.44. The second kappa shape index (κ2) is 13.7. The summed E-state index contributed by atoms with van der Waals surface area (Å²) in [7, 11) is -3.01. The van der Waals surface area contributed by atoms with E-state index in [1.54, 1.807) is 36.4 Å². The number of anilines is 1. The van der Waals surface area contributed by atoms with Gasteiger partial charge in [-0.15, -0.1) is 0 Å². The summed E-state index contributed by atoms with van der Waals surface area (Å²) >= 11 is 0. The largest absolute Gasteiger partial charge is 0.484 e. The van der Waals surface area contributed by atoms with E-state index in [0.717, 1.165) is 22.8 Å². The first kappa shape index (κ1) is 32.8. The highest BCUT2D eigenvalue weighted by Gasteiger charge is 2.40. The van der Waals surface area contributed by atoms with Crippen LogP contribution in [-0.2, 0) is 32.1 Å². The van der Waals surface area contributed by atoms with Gasteiger partial charge >= 0.3 is 12.1 Å². The topological polar surface area (TPSA) is 92.9 Å². The number of allylic oxidation sites excluding steroid dienone is 2. The quantitative estimate of drug-likeness (QED) is 0.129. The maximum Gasteiger partial charge on any atom is 0.448 e. The number of nitrogens with zero attached hydrogens (tertiary/aromatic N) is 1. The second-order valence-electron chi connectivity index (χ2n) is 10.6. The number of hydrogen-bond donors (Lipinski definition) is 2. The fourth-order valence-corrected chi connectivity index (χ4v) is 6.20. The second-order valence-corrected chi connectivity index (χ2v) is 13.0. The molecular weight excluding hydrogens is 596 g/mol. The molecule has 0 amide bonds. The van der Waals surface area contributed by atoms with Gasteiger partial charge < -0.3 is 15.6 Å². The first-order valence-corrected chi connectivity index (χ1v) is 15.8. The van der Waals surface area contributed by atoms with Crippen LogP contribution in [-0.4, -0.2) is 50.6 Å². The van der Waals surface area contributed by atoms with Crippen LogP contribution in [0.15, 0.2) is 83.5 Å². The lowest BCUT2D eigenvalue weighted by Gasteiger charge is -2.27. The number of hydrogen-bond acceptors (Lipinski definition) is 5. The Morgan fingerprint density at radius 1 is 1.14 bits per heavy atom. The molecule has 234 valence electrons. The monoisotopic (exact) mass is 630 g/mol. The molecular formula is C33H34F4N2O4S. The van der Waals surface area contributed by atoms with Crippen LogP contribution in [0.1, 0.15) is 36.5 Å². The molecule has 0 aliphatic carbocycles. The Morgan fingerprint density at radius 2 is 1.86 bits per heavy atom. The predicted octanol–water partition coefficient (Wildman–Crippen LogP) is 6.90. The van der Waals surface area contributed by atoms with Gasteiger partial charge in [-0.1, -0.05) is 61.5 Å². The highest BCUT2D eigenvalue weighted by molar-refractivity contribution is 8.00. The highest BCUT2D eigenvalue weighted by Crippen LogP contribution is 2.34. The number of benzene rings is 3. The number of rotatable bonds is 12. The molecule has 2 unspecified atom stereocenters. The number of nitrogen functional groups attached to an aromatic ring is 1. The van der Waals surface area contributed by atoms with Crippen molar-refractivity contribution >= 4 is 33.1 Å². The first-order valence-electron chi connectivity index (χ1n) is 13.9. The van der Waals surface area contributed by atoms with E-state index in [2.05, 4.69) is 5.87 Å². The summed E-state index contributed by atoms with van der Waals surface area (Å²) in [5.74, 6) is 0.377. The average molecular weight is 631 g/mol. The van der Waals surface area contributed by atoms with Gasteiger partial charge in [0.25, 0.3) is 0 Å². The van der Waals surface area contributed by atoms with Gasteiger partial charge in [0.1, 0.15) is 17.7 Å². The molecule has 0 saturated carbocycles. The van der Waals surface area contributed by atoms with Crippen LogP contribution < -0.4 is 5.73 Å². The maximum atomic E-state index is 14.5. The van der Waals surface area contributed by atoms with Gasteiger partial charge in [0.2, 0.25) is 0 Å². The van der Waals surface area contributed by atoms with E-state index in [9.17, 15) is 26.6 Å². The van der Waals surface area contributed by atoms with Crippen molar-refractivity contribution in [1.82, 2.24) is 4.90 Å². The lowest BCUT2D eigenvalue weighted by molar-refractivity contribution is -0.135. The molecule has 0 spiro atoms. The third-order valence-electron chi connectivity index (χ3n) is 7.15. The van der Waals surface area contributed by atoms with Crippen LogP contribution in [0.5, 0.6) is 0 Å². The van der Waals surface area contributed by atoms with Crippen molar-refractivity contribution in [1.29, 1.82) is 0 Å². The Kier molecular flexibility index (Phi) is 10.2. The summed E-state index contributed by atoms with van der Waals surface area (Å²) in [6.07, 6.45) is -0.0267. The van der Waals surface area contributed by atoms with Crippen molar-refractivity contribution in [2.45, 2.75) is 50.0 Å². The van der Waals surface area contributed by atoms with Crippen molar-refractivity contribution in [2.24, 2.45) is 0 Å². The van der Waals surface area contributed by atoms with E-state index in [0.29, 0.717) is 23.4 Å². The normalized spacial score (nSPS) is 16.6. The standard InChI is InChI=1S/C33H34F4N2O4S/c1-3-4-8-28-29(34)15-13-25(32(28)38)19-39(20-26-14-16-30(43-26)33(35,36)37)18-22-9-11-23(12-10-22)24-6-5-7-27(17-24)44(2,42)21-31(40)41/h4-13,15-17,26H,2-3,14,18-21,38H2,1H3,(H,40,41)/b8-4-. The number of ether oxygens (including phenoxy) is 1. The Hall–Kier alpha value is -4.09. The molecule has 1 aliphatic rings. The molecule has 3 aromatic rings. The summed E-state index contributed by atoms with van der Waals surface area (Å²) < 4.78 is 72.2. The third-order valence-corrected chi connectivity index (χ3v) is 8.98. The smallest absolute Gasteiger partial charge is 0.448 e. The first-order chi connectivity index (χ1) is 20.8. The van der Waals surface area contributed by atoms with Crippen LogP contribution in [0.25, 0.3) is 17.2 Å². The lowest BCUT2D eigenvalue weighted by atomic mass is 10.0. The van der Waals surface area contributed by atoms with Crippen LogP contribution in [0.4, 0.5) is 23.2 Å². The van der Waals surface area contributed by atoms with Gasteiger partial charge in [0, 0.05) is 51.7 Å². The van der Waals surface area contributed by atoms with E-state index >= 15 is 0 Å². The van der Waals surface area contributed by atoms with Gasteiger partial charge in [0.05, 0.1) is 0 Å². The minimum Gasteiger partial charge on any atom is -0.484 e. The van der Waals surface area contributed by atoms with Crippen LogP contribution in [0.3, 0.4) is 0 Å². The SMILES string of the molecule is C=S(=O)(CC(=O)O)c1cccc(-c2ccc(CN(Cc3ccc(F)c(/C=C\CC)c3N)CC3CC=C(C(F)(F)F)O3)cc2)c1. The summed E-state index contributed by atoms with van der Waals surface area (Å²) in [5.41, 5.74) is 9.88. The molecule has 1 heterocycles. The number of alkyl halides is 3. The van der Waals surface area contributed by atoms with E-state index in [1.165, 1.54) is 6.07 Å². The van der Waals surface area contributed by atoms with E-state index in [1.807, 2.05) is 42.2 Å². The molecule has 0 aromatic heterocycles. The minimum atomic E-state index is -4.57. The van der Waals surface area contributed by atoms with E-state index < -0.39 is 45.1 Å². The van der Waals surface area contributed by atoms with Crippen molar-refractivity contribution in [2.75, 3.05) is 18.0 Å². The van der Waals surface area contributed by atoms with Crippen LogP contribution >= 0.6 is 0 Å². The van der Waals surface area contributed by atoms with Crippen molar-refractivity contribution in [3.8, 4) is 11.1 Å². The molecule has 0 radical (unpaired) electrons. The summed E-state index contributed by atoms with van der Waals surface area (Å²) in [4.78, 5) is 13.4. The number of carboxylic acid groups (broad SMARTS) is 1. The lowest BCUT2D eigenvalue weighted by Crippen LogP contribution is -2.32. The maximum absolute atomic E-state index is 14.5. The molecule has 0 bridgehead atoms. The van der Waals surface area contributed by atoms with Crippen LogP contribution in [0, 0.1) is 5.82 Å². The van der Waals surface area contributed by atoms with Gasteiger partial charge in [-0.25, -0.2) is 4.39 Å². The zero-order chi connectivity index (χ0) is 32.1. The molecule has 1 aliphatic heterocycles. The van der Waals surface area contributed by atoms with Gasteiger partial charge in [0.15, 0.2) is 5.76 Å². The molecule has 0 fully saturated rings. The van der Waals surface area contributed by atoms with Crippen LogP contribution in [0.2, 0.25) is 0 Å². The number of carboxylic acids is 1. The van der Waals surface area contributed by atoms with Gasteiger partial charge in [-0.05, 0) is 58.8 Å². The predicted molar refractivity (Wildman–Crippen MR) is 166 cm³/mol. The Labute approximate surface area is 254 Å². The van der Waals surface area contributed by atoms with Gasteiger partial charge in [-0.2, -0.15) is 13.2 Å². The zero-order valence-corrected chi connectivity index (χ0v) is 25.0. The Bertz CT molecular complexity index is 1670. The Balaban J connectivity index is 1.57. The highest BCUT2D eigenvalue weighted by atomic mass is 32.2. The number of halogens is 4. The van der Waals surface area contributed by atoms with Crippen molar-refractivity contribution in [3.63, 3.8) is 0 Å². The molecule has 4 rings (SSSR count). The zero-order valence-electron chi connectivity index (χ0n) is 24.1. The summed E-state index contributed by atoms with van der Waals surface area (Å²) in [6, 6.07) is 17.1. The molecule has 3 N–H and O–H groups in total. The molecule has 3 aromatic carbocycles. The van der Waals surface area contributed by atoms with Gasteiger partial charge in [-0.3, -0.25) is 13.9 Å². The molecule has 44 heavy (non-hydrogen) atoms. The van der Waals surface area contributed by atoms with E-state index in [-0.39, 0.29) is 30.8 Å². The third kappa shape index (κ3) is 8.29. The number of carbonyl (C=O) groups is 1. The fourth-order valence-electron chi connectivity index (χ4n) is 4.97. The number of nitrogens with two attached hydrogens (primary N) is 1.